The zero-order valence-electron chi connectivity index (χ0n) is 26.5. The van der Waals surface area contributed by atoms with Gasteiger partial charge in [0.1, 0.15) is 23.0 Å². The largest absolute Gasteiger partial charge is 0.497 e. The lowest BCUT2D eigenvalue weighted by atomic mass is 9.99. The lowest BCUT2D eigenvalue weighted by Gasteiger charge is -2.23. The summed E-state index contributed by atoms with van der Waals surface area (Å²) in [5.41, 5.74) is 1.83. The Balaban J connectivity index is 1.25. The molecule has 0 unspecified atom stereocenters. The molecule has 0 aliphatic rings. The van der Waals surface area contributed by atoms with E-state index in [4.69, 9.17) is 14.2 Å². The number of ether oxygens (including phenoxy) is 3. The molecule has 0 atom stereocenters. The Bertz CT molecular complexity index is 2120. The average molecular weight is 685 g/mol. The van der Waals surface area contributed by atoms with Crippen LogP contribution in [0.4, 0.5) is 13.2 Å². The molecule has 0 N–H and O–H groups in total. The van der Waals surface area contributed by atoms with Crippen LogP contribution in [0.1, 0.15) is 16.7 Å². The molecule has 1 heterocycles. The van der Waals surface area contributed by atoms with Crippen LogP contribution in [-0.4, -0.2) is 31.9 Å². The average Bonchev–Trinajstić information content (AvgIpc) is 3.11. The van der Waals surface area contributed by atoms with Crippen molar-refractivity contribution in [3.8, 4) is 34.1 Å². The fraction of sp³-hybridized carbons (Fsp3) is 0.132. The summed E-state index contributed by atoms with van der Waals surface area (Å²) in [6.07, 6.45) is -3.19. The van der Waals surface area contributed by atoms with Crippen molar-refractivity contribution in [3.63, 3.8) is 0 Å². The number of hydrogen-bond acceptors (Lipinski definition) is 6. The van der Waals surface area contributed by atoms with Gasteiger partial charge in [0.2, 0.25) is 10.0 Å². The van der Waals surface area contributed by atoms with Gasteiger partial charge in [0, 0.05) is 24.7 Å². The Morgan fingerprint density at radius 1 is 0.673 bits per heavy atom. The maximum Gasteiger partial charge on any atom is 0.418 e. The number of hydrogen-bond donors (Lipinski definition) is 0. The molecule has 0 aliphatic heterocycles. The van der Waals surface area contributed by atoms with Crippen molar-refractivity contribution < 1.29 is 35.8 Å². The Morgan fingerprint density at radius 3 is 1.82 bits per heavy atom. The van der Waals surface area contributed by atoms with Crippen molar-refractivity contribution >= 4 is 20.9 Å². The van der Waals surface area contributed by atoms with Gasteiger partial charge in [0.25, 0.3) is 0 Å². The zero-order chi connectivity index (χ0) is 34.6. The number of sulfonamides is 1. The molecular weight excluding hydrogens is 653 g/mol. The van der Waals surface area contributed by atoms with Gasteiger partial charge < -0.3 is 14.2 Å². The van der Waals surface area contributed by atoms with E-state index in [0.29, 0.717) is 39.5 Å². The molecule has 0 radical (unpaired) electrons. The highest BCUT2D eigenvalue weighted by Gasteiger charge is 2.33. The van der Waals surface area contributed by atoms with E-state index in [1.807, 2.05) is 24.3 Å². The molecule has 49 heavy (non-hydrogen) atoms. The smallest absolute Gasteiger partial charge is 0.418 e. The molecule has 0 saturated heterocycles. The first kappa shape index (κ1) is 33.5. The van der Waals surface area contributed by atoms with Gasteiger partial charge in [-0.1, -0.05) is 48.5 Å². The van der Waals surface area contributed by atoms with Gasteiger partial charge in [-0.25, -0.2) is 8.42 Å². The Kier molecular flexibility index (Phi) is 9.57. The number of fused-ring (bicyclic) bond motifs is 1. The third kappa shape index (κ3) is 7.53. The van der Waals surface area contributed by atoms with Crippen LogP contribution in [0.25, 0.3) is 22.0 Å². The van der Waals surface area contributed by atoms with Gasteiger partial charge in [-0.3, -0.25) is 4.98 Å². The topological polar surface area (TPSA) is 78.0 Å². The van der Waals surface area contributed by atoms with E-state index >= 15 is 0 Å². The lowest BCUT2D eigenvalue weighted by Crippen LogP contribution is -2.30. The van der Waals surface area contributed by atoms with Crippen LogP contribution in [0.2, 0.25) is 0 Å². The molecule has 250 valence electrons. The van der Waals surface area contributed by atoms with E-state index in [9.17, 15) is 21.6 Å². The zero-order valence-corrected chi connectivity index (χ0v) is 27.3. The second kappa shape index (κ2) is 14.0. The minimum absolute atomic E-state index is 0.0827. The monoisotopic (exact) mass is 684 g/mol. The van der Waals surface area contributed by atoms with Crippen LogP contribution >= 0.6 is 0 Å². The van der Waals surface area contributed by atoms with Gasteiger partial charge in [0.15, 0.2) is 0 Å². The molecule has 7 nitrogen and oxygen atoms in total. The van der Waals surface area contributed by atoms with E-state index in [0.717, 1.165) is 17.2 Å². The molecule has 0 aliphatic carbocycles. The molecule has 5 aromatic carbocycles. The molecule has 0 saturated carbocycles. The fourth-order valence-electron chi connectivity index (χ4n) is 5.44. The summed E-state index contributed by atoms with van der Waals surface area (Å²) in [6, 6.07) is 33.1. The predicted octanol–water partition coefficient (Wildman–Crippen LogP) is 9.12. The first-order valence-corrected chi connectivity index (χ1v) is 16.6. The second-order valence-electron chi connectivity index (χ2n) is 11.1. The highest BCUT2D eigenvalue weighted by atomic mass is 32.2. The number of nitrogens with zero attached hydrogens (tertiary/aromatic N) is 2. The number of aromatic nitrogens is 1. The van der Waals surface area contributed by atoms with Crippen LogP contribution < -0.4 is 14.2 Å². The van der Waals surface area contributed by atoms with Gasteiger partial charge >= 0.3 is 6.18 Å². The van der Waals surface area contributed by atoms with Gasteiger partial charge in [-0.2, -0.15) is 17.5 Å². The summed E-state index contributed by atoms with van der Waals surface area (Å²) in [5.74, 6) is 2.14. The molecule has 0 fully saturated rings. The number of para-hydroxylation sites is 1. The van der Waals surface area contributed by atoms with Crippen LogP contribution in [-0.2, 0) is 29.3 Å². The van der Waals surface area contributed by atoms with Crippen molar-refractivity contribution in [2.24, 2.45) is 0 Å². The van der Waals surface area contributed by atoms with Crippen molar-refractivity contribution in [1.29, 1.82) is 0 Å². The molecule has 0 amide bonds. The Hall–Kier alpha value is -5.39. The first-order chi connectivity index (χ1) is 23.5. The molecular formula is C38H31F3N2O5S. The minimum atomic E-state index is -4.54. The summed E-state index contributed by atoms with van der Waals surface area (Å²) < 4.78 is 86.9. The third-order valence-electron chi connectivity index (χ3n) is 7.95. The highest BCUT2D eigenvalue weighted by molar-refractivity contribution is 7.89. The van der Waals surface area contributed by atoms with E-state index in [1.165, 1.54) is 28.7 Å². The quantitative estimate of drug-likeness (QED) is 0.136. The summed E-state index contributed by atoms with van der Waals surface area (Å²) in [4.78, 5) is 4.09. The molecule has 6 aromatic rings. The summed E-state index contributed by atoms with van der Waals surface area (Å²) >= 11 is 0. The number of alkyl halides is 3. The molecule has 11 heteroatoms. The molecule has 0 spiro atoms. The molecule has 1 aromatic heterocycles. The molecule has 0 bridgehead atoms. The van der Waals surface area contributed by atoms with Crippen molar-refractivity contribution in [3.05, 3.63) is 144 Å². The van der Waals surface area contributed by atoms with Crippen molar-refractivity contribution in [1.82, 2.24) is 9.29 Å². The third-order valence-corrected chi connectivity index (χ3v) is 9.76. The number of rotatable bonds is 11. The van der Waals surface area contributed by atoms with Gasteiger partial charge in [0.05, 0.1) is 30.2 Å². The van der Waals surface area contributed by atoms with Gasteiger partial charge in [-0.15, -0.1) is 0 Å². The highest BCUT2D eigenvalue weighted by Crippen LogP contribution is 2.38. The van der Waals surface area contributed by atoms with Crippen molar-refractivity contribution in [2.75, 3.05) is 14.2 Å². The first-order valence-electron chi connectivity index (χ1n) is 15.1. The summed E-state index contributed by atoms with van der Waals surface area (Å²) in [7, 11) is -0.831. The lowest BCUT2D eigenvalue weighted by molar-refractivity contribution is -0.136. The predicted molar refractivity (Wildman–Crippen MR) is 181 cm³/mol. The summed E-state index contributed by atoms with van der Waals surface area (Å²) in [6.45, 7) is 0.245. The number of benzene rings is 5. The normalized spacial score (nSPS) is 11.9. The van der Waals surface area contributed by atoms with E-state index < -0.39 is 21.8 Å². The second-order valence-corrected chi connectivity index (χ2v) is 13.1. The summed E-state index contributed by atoms with van der Waals surface area (Å²) in [5, 5.41) is 0.359. The van der Waals surface area contributed by atoms with Crippen LogP contribution in [0.15, 0.2) is 132 Å². The number of halogens is 3. The van der Waals surface area contributed by atoms with E-state index in [1.54, 1.807) is 87.0 Å². The van der Waals surface area contributed by atoms with E-state index in [2.05, 4.69) is 4.98 Å². The molecule has 6 rings (SSSR count). The SMILES string of the molecule is COc1ccc(CN(Cc2ccc(OC)cc2)S(=O)(=O)c2ccc(Oc3cccc(-c4ccnc5c(C(F)(F)F)cccc45)c3)cc2)cc1. The van der Waals surface area contributed by atoms with Crippen molar-refractivity contribution in [2.45, 2.75) is 24.2 Å². The van der Waals surface area contributed by atoms with E-state index in [-0.39, 0.29) is 23.5 Å². The number of methoxy groups -OCH3 is 2. The Labute approximate surface area is 282 Å². The van der Waals surface area contributed by atoms with Crippen LogP contribution in [0, 0.1) is 0 Å². The maximum atomic E-state index is 14.0. The van der Waals surface area contributed by atoms with Gasteiger partial charge in [-0.05, 0) is 95.1 Å². The van der Waals surface area contributed by atoms with Crippen LogP contribution in [0.5, 0.6) is 23.0 Å². The minimum Gasteiger partial charge on any atom is -0.497 e. The Morgan fingerprint density at radius 2 is 1.24 bits per heavy atom. The van der Waals surface area contributed by atoms with Crippen LogP contribution in [0.3, 0.4) is 0 Å². The maximum absolute atomic E-state index is 14.0. The fourth-order valence-corrected chi connectivity index (χ4v) is 6.86. The number of pyridine rings is 1. The standard InChI is InChI=1S/C38H31F3N2O5S/c1-46-29-13-9-26(10-14-29)24-43(25-27-11-15-30(47-2)16-12-27)49(44,45)33-19-17-31(18-20-33)48-32-6-3-5-28(23-32)34-21-22-42-37-35(34)7-4-8-36(37)38(39,40)41/h3-23H,24-25H2,1-2H3.